The largest absolute Gasteiger partial charge is 0.466 e. The molecule has 9 heteroatoms. The molecule has 0 aliphatic carbocycles. The first kappa shape index (κ1) is 18.0. The van der Waals surface area contributed by atoms with Gasteiger partial charge >= 0.3 is 5.97 Å². The highest BCUT2D eigenvalue weighted by Gasteiger charge is 2.32. The zero-order valence-corrected chi connectivity index (χ0v) is 16.1. The SMILES string of the molecule is COC(=O)C1=CN(CBr)C(c2nccs2)=NC1c1ccc(F)cc1Cl. The van der Waals surface area contributed by atoms with Crippen LogP contribution in [0.2, 0.25) is 5.02 Å². The number of hydrogen-bond donors (Lipinski definition) is 0. The number of thiazole rings is 1. The Kier molecular flexibility index (Phi) is 5.51. The quantitative estimate of drug-likeness (QED) is 0.404. The maximum absolute atomic E-state index is 13.4. The Morgan fingerprint density at radius 1 is 1.52 bits per heavy atom. The molecular weight excluding hydrogens is 433 g/mol. The van der Waals surface area contributed by atoms with Crippen LogP contribution in [-0.2, 0) is 9.53 Å². The average molecular weight is 445 g/mol. The second kappa shape index (κ2) is 7.63. The summed E-state index contributed by atoms with van der Waals surface area (Å²) in [5.74, 6) is -0.400. The van der Waals surface area contributed by atoms with Gasteiger partial charge in [-0.15, -0.1) is 11.3 Å². The lowest BCUT2D eigenvalue weighted by Crippen LogP contribution is -2.32. The number of esters is 1. The third-order valence-electron chi connectivity index (χ3n) is 3.54. The van der Waals surface area contributed by atoms with E-state index in [9.17, 15) is 9.18 Å². The highest BCUT2D eigenvalue weighted by atomic mass is 79.9. The monoisotopic (exact) mass is 443 g/mol. The molecule has 1 aromatic heterocycles. The van der Waals surface area contributed by atoms with E-state index < -0.39 is 17.8 Å². The summed E-state index contributed by atoms with van der Waals surface area (Å²) in [6.07, 6.45) is 3.32. The first-order valence-corrected chi connectivity index (χ1v) is 9.48. The van der Waals surface area contributed by atoms with Gasteiger partial charge in [-0.2, -0.15) is 0 Å². The summed E-state index contributed by atoms with van der Waals surface area (Å²) in [6, 6.07) is 3.29. The third kappa shape index (κ3) is 3.61. The Morgan fingerprint density at radius 3 is 2.92 bits per heavy atom. The van der Waals surface area contributed by atoms with Crippen molar-refractivity contribution >= 4 is 50.7 Å². The number of methoxy groups -OCH3 is 1. The number of nitrogens with zero attached hydrogens (tertiary/aromatic N) is 3. The third-order valence-corrected chi connectivity index (χ3v) is 5.18. The fraction of sp³-hybridized carbons (Fsp3) is 0.188. The Hall–Kier alpha value is -1.77. The molecule has 1 aliphatic rings. The van der Waals surface area contributed by atoms with E-state index in [-0.39, 0.29) is 5.02 Å². The van der Waals surface area contributed by atoms with Gasteiger partial charge in [0, 0.05) is 28.4 Å². The Morgan fingerprint density at radius 2 is 2.32 bits per heavy atom. The molecule has 2 heterocycles. The zero-order valence-electron chi connectivity index (χ0n) is 12.9. The van der Waals surface area contributed by atoms with Crippen LogP contribution in [0.25, 0.3) is 0 Å². The smallest absolute Gasteiger partial charge is 0.337 e. The van der Waals surface area contributed by atoms with E-state index in [0.29, 0.717) is 27.4 Å². The first-order valence-electron chi connectivity index (χ1n) is 7.10. The number of alkyl halides is 1. The lowest BCUT2D eigenvalue weighted by Gasteiger charge is -2.28. The van der Waals surface area contributed by atoms with Crippen molar-refractivity contribution in [2.75, 3.05) is 12.6 Å². The van der Waals surface area contributed by atoms with E-state index in [4.69, 9.17) is 16.3 Å². The van der Waals surface area contributed by atoms with E-state index in [1.54, 1.807) is 17.3 Å². The number of carbonyl (C=O) groups is 1. The predicted octanol–water partition coefficient (Wildman–Crippen LogP) is 4.15. The lowest BCUT2D eigenvalue weighted by atomic mass is 9.98. The molecule has 0 fully saturated rings. The first-order chi connectivity index (χ1) is 12.0. The predicted molar refractivity (Wildman–Crippen MR) is 98.5 cm³/mol. The molecular formula is C16H12BrClFN3O2S. The van der Waals surface area contributed by atoms with E-state index in [2.05, 4.69) is 25.9 Å². The number of aromatic nitrogens is 1. The second-order valence-electron chi connectivity index (χ2n) is 5.02. The number of hydrogen-bond acceptors (Lipinski definition) is 6. The minimum atomic E-state index is -0.713. The van der Waals surface area contributed by atoms with E-state index in [0.717, 1.165) is 0 Å². The number of carbonyl (C=O) groups excluding carboxylic acids is 1. The molecule has 0 saturated heterocycles. The van der Waals surface area contributed by atoms with Crippen molar-refractivity contribution in [1.82, 2.24) is 9.88 Å². The van der Waals surface area contributed by atoms with Gasteiger partial charge in [-0.3, -0.25) is 4.99 Å². The van der Waals surface area contributed by atoms with Crippen LogP contribution in [0.5, 0.6) is 0 Å². The summed E-state index contributed by atoms with van der Waals surface area (Å²) in [4.78, 5) is 23.0. The molecule has 2 aromatic rings. The lowest BCUT2D eigenvalue weighted by molar-refractivity contribution is -0.136. The van der Waals surface area contributed by atoms with Crippen LogP contribution in [0.15, 0.2) is 46.5 Å². The normalized spacial score (nSPS) is 17.1. The summed E-state index contributed by atoms with van der Waals surface area (Å²) in [7, 11) is 1.30. The van der Waals surface area contributed by atoms with Crippen molar-refractivity contribution in [3.63, 3.8) is 0 Å². The second-order valence-corrected chi connectivity index (χ2v) is 6.83. The standard InChI is InChI=1S/C16H12BrClFN3O2S/c1-24-16(23)11-7-22(8-17)14(15-20-4-5-25-15)21-13(11)10-3-2-9(19)6-12(10)18/h2-7,13H,8H2,1H3. The summed E-state index contributed by atoms with van der Waals surface area (Å²) in [6.45, 7) is 0. The summed E-state index contributed by atoms with van der Waals surface area (Å²) < 4.78 is 18.3. The van der Waals surface area contributed by atoms with Gasteiger partial charge in [-0.05, 0) is 12.1 Å². The van der Waals surface area contributed by atoms with E-state index >= 15 is 0 Å². The van der Waals surface area contributed by atoms with Crippen LogP contribution in [0.1, 0.15) is 16.6 Å². The average Bonchev–Trinajstić information content (AvgIpc) is 3.14. The molecule has 1 aromatic carbocycles. The maximum atomic E-state index is 13.4. The molecule has 5 nitrogen and oxygen atoms in total. The van der Waals surface area contributed by atoms with Crippen LogP contribution < -0.4 is 0 Å². The number of rotatable bonds is 4. The van der Waals surface area contributed by atoms with Crippen molar-refractivity contribution < 1.29 is 13.9 Å². The van der Waals surface area contributed by atoms with Gasteiger partial charge in [-0.25, -0.2) is 14.2 Å². The Labute approximate surface area is 160 Å². The summed E-state index contributed by atoms with van der Waals surface area (Å²) >= 11 is 11.0. The van der Waals surface area contributed by atoms with Crippen molar-refractivity contribution in [3.8, 4) is 0 Å². The number of amidine groups is 1. The molecule has 25 heavy (non-hydrogen) atoms. The van der Waals surface area contributed by atoms with Crippen molar-refractivity contribution in [2.45, 2.75) is 6.04 Å². The topological polar surface area (TPSA) is 54.8 Å². The highest BCUT2D eigenvalue weighted by molar-refractivity contribution is 9.09. The van der Waals surface area contributed by atoms with Crippen molar-refractivity contribution in [2.24, 2.45) is 4.99 Å². The van der Waals surface area contributed by atoms with Crippen LogP contribution in [0.4, 0.5) is 4.39 Å². The van der Waals surface area contributed by atoms with Gasteiger partial charge in [0.25, 0.3) is 0 Å². The molecule has 130 valence electrons. The zero-order chi connectivity index (χ0) is 18.0. The fourth-order valence-electron chi connectivity index (χ4n) is 2.41. The van der Waals surface area contributed by atoms with Gasteiger partial charge in [0.05, 0.1) is 18.1 Å². The fourth-order valence-corrected chi connectivity index (χ4v) is 3.71. The van der Waals surface area contributed by atoms with Crippen molar-refractivity contribution in [1.29, 1.82) is 0 Å². The summed E-state index contributed by atoms with van der Waals surface area (Å²) in [5, 5.41) is 2.72. The molecule has 0 N–H and O–H groups in total. The maximum Gasteiger partial charge on any atom is 0.337 e. The number of aliphatic imine (C=N–C) groups is 1. The molecule has 0 bridgehead atoms. The highest BCUT2D eigenvalue weighted by Crippen LogP contribution is 2.36. The molecule has 3 rings (SSSR count). The van der Waals surface area contributed by atoms with Gasteiger partial charge in [0.15, 0.2) is 10.8 Å². The summed E-state index contributed by atoms with van der Waals surface area (Å²) in [5.41, 5.74) is 1.23. The molecule has 0 radical (unpaired) electrons. The van der Waals surface area contributed by atoms with E-state index in [1.807, 2.05) is 5.38 Å². The number of ether oxygens (including phenoxy) is 1. The van der Waals surface area contributed by atoms with Crippen LogP contribution in [0, 0.1) is 5.82 Å². The minimum Gasteiger partial charge on any atom is -0.466 e. The van der Waals surface area contributed by atoms with Crippen LogP contribution in [0.3, 0.4) is 0 Å². The van der Waals surface area contributed by atoms with E-state index in [1.165, 1.54) is 36.6 Å². The molecule has 0 saturated carbocycles. The van der Waals surface area contributed by atoms with Gasteiger partial charge in [-0.1, -0.05) is 33.6 Å². The van der Waals surface area contributed by atoms with Crippen LogP contribution in [-0.4, -0.2) is 34.3 Å². The molecule has 1 aliphatic heterocycles. The molecule has 1 atom stereocenters. The molecule has 1 unspecified atom stereocenters. The van der Waals surface area contributed by atoms with Gasteiger partial charge in [0.1, 0.15) is 11.9 Å². The van der Waals surface area contributed by atoms with Crippen molar-refractivity contribution in [3.05, 3.63) is 63.0 Å². The molecule has 0 spiro atoms. The molecule has 0 amide bonds. The Bertz CT molecular complexity index is 857. The Balaban J connectivity index is 2.14. The number of halogens is 3. The van der Waals surface area contributed by atoms with Gasteiger partial charge < -0.3 is 9.64 Å². The minimum absolute atomic E-state index is 0.189. The van der Waals surface area contributed by atoms with Crippen LogP contribution >= 0.6 is 38.9 Å². The van der Waals surface area contributed by atoms with Gasteiger partial charge in [0.2, 0.25) is 0 Å². The number of benzene rings is 1.